The molecule has 0 rings (SSSR count). The standard InChI is InChI=1S/2CH4N2O.HNO3.H3O4P/c3*2-1(3)4;1-5(2,3)4/h2*(H4,2,3,4);(H,2,3,4);(H3,1,2,3,4). The molecule has 0 saturated heterocycles. The molecule has 17 heavy (non-hydrogen) atoms. The van der Waals surface area contributed by atoms with Gasteiger partial charge < -0.3 is 42.8 Å². The van der Waals surface area contributed by atoms with Gasteiger partial charge in [0, 0.05) is 0 Å². The zero-order chi connectivity index (χ0) is 15.2. The maximum absolute atomic E-state index is 9.00. The Kier molecular flexibility index (Phi) is 19.7. The monoisotopic (exact) mass is 281 g/mol. The number of phosphoric acid groups is 1. The Morgan fingerprint density at radius 2 is 1.00 bits per heavy atom. The van der Waals surface area contributed by atoms with Crippen molar-refractivity contribution in [3.8, 4) is 0 Å². The van der Waals surface area contributed by atoms with Gasteiger partial charge in [0.25, 0.3) is 5.09 Å². The number of amides is 4. The lowest BCUT2D eigenvalue weighted by Gasteiger charge is -1.82. The SMILES string of the molecule is NC(N)=O.NC(N)=O.O=P(O)(O)O.O=[N+]([O-])O. The van der Waals surface area contributed by atoms with Crippen molar-refractivity contribution >= 4 is 19.9 Å². The Bertz CT molecular complexity index is 224. The molecule has 0 fully saturated rings. The molecular formula is C2H12N5O9P. The van der Waals surface area contributed by atoms with Crippen molar-refractivity contribution in [2.75, 3.05) is 0 Å². The van der Waals surface area contributed by atoms with Gasteiger partial charge in [-0.2, -0.15) is 0 Å². The summed E-state index contributed by atoms with van der Waals surface area (Å²) in [6.07, 6.45) is 0. The molecule has 0 aliphatic heterocycles. The van der Waals surface area contributed by atoms with Gasteiger partial charge in [0.05, 0.1) is 0 Å². The van der Waals surface area contributed by atoms with E-state index in [9.17, 15) is 0 Å². The Hall–Kier alpha value is -2.15. The fraction of sp³-hybridized carbons (Fsp3) is 0. The van der Waals surface area contributed by atoms with E-state index < -0.39 is 25.0 Å². The fourth-order valence-electron chi connectivity index (χ4n) is 0. The minimum Gasteiger partial charge on any atom is -0.352 e. The maximum atomic E-state index is 9.00. The van der Waals surface area contributed by atoms with Crippen molar-refractivity contribution in [2.45, 2.75) is 0 Å². The summed E-state index contributed by atoms with van der Waals surface area (Å²) in [7, 11) is -4.64. The van der Waals surface area contributed by atoms with E-state index in [0.29, 0.717) is 0 Å². The molecule has 0 unspecified atom stereocenters. The van der Waals surface area contributed by atoms with E-state index in [1.165, 1.54) is 0 Å². The first-order valence-corrected chi connectivity index (χ1v) is 4.48. The molecule has 0 bridgehead atoms. The molecule has 0 heterocycles. The molecule has 12 N–H and O–H groups in total. The van der Waals surface area contributed by atoms with E-state index in [1.807, 2.05) is 0 Å². The first-order valence-electron chi connectivity index (χ1n) is 2.91. The normalized spacial score (nSPS) is 7.71. The third-order valence-electron chi connectivity index (χ3n) is 0. The van der Waals surface area contributed by atoms with Crippen molar-refractivity contribution in [3.05, 3.63) is 10.1 Å². The van der Waals surface area contributed by atoms with E-state index in [1.54, 1.807) is 0 Å². The summed E-state index contributed by atoms with van der Waals surface area (Å²) < 4.78 is 8.88. The highest BCUT2D eigenvalue weighted by atomic mass is 31.2. The lowest BCUT2D eigenvalue weighted by Crippen LogP contribution is -2.18. The molecule has 0 spiro atoms. The topological polar surface area (TPSA) is 279 Å². The van der Waals surface area contributed by atoms with Gasteiger partial charge in [-0.15, -0.1) is 10.1 Å². The van der Waals surface area contributed by atoms with Gasteiger partial charge in [0.15, 0.2) is 0 Å². The van der Waals surface area contributed by atoms with Gasteiger partial charge >= 0.3 is 19.9 Å². The highest BCUT2D eigenvalue weighted by Crippen LogP contribution is 2.25. The molecule has 0 aromatic carbocycles. The third-order valence-corrected chi connectivity index (χ3v) is 0. The molecular weight excluding hydrogens is 269 g/mol. The lowest BCUT2D eigenvalue weighted by atomic mass is 11.2. The number of carbonyl (C=O) groups is 2. The maximum Gasteiger partial charge on any atom is 0.466 e. The molecule has 0 aromatic heterocycles. The number of hydrogen-bond donors (Lipinski definition) is 8. The lowest BCUT2D eigenvalue weighted by molar-refractivity contribution is -0.742. The van der Waals surface area contributed by atoms with Crippen molar-refractivity contribution in [1.82, 2.24) is 0 Å². The summed E-state index contributed by atoms with van der Waals surface area (Å²) in [6.45, 7) is 0. The first kappa shape index (κ1) is 24.2. The minimum atomic E-state index is -4.64. The number of primary amides is 4. The molecule has 0 atom stereocenters. The predicted molar refractivity (Wildman–Crippen MR) is 50.6 cm³/mol. The molecule has 14 nitrogen and oxygen atoms in total. The highest BCUT2D eigenvalue weighted by molar-refractivity contribution is 7.45. The summed E-state index contributed by atoms with van der Waals surface area (Å²) in [6, 6.07) is -1.67. The van der Waals surface area contributed by atoms with Crippen LogP contribution in [-0.2, 0) is 4.57 Å². The van der Waals surface area contributed by atoms with E-state index in [2.05, 4.69) is 22.9 Å². The van der Waals surface area contributed by atoms with Gasteiger partial charge in [-0.3, -0.25) is 0 Å². The Balaban J connectivity index is -0.0000000667. The van der Waals surface area contributed by atoms with Crippen molar-refractivity contribution in [2.24, 2.45) is 22.9 Å². The number of rotatable bonds is 0. The third kappa shape index (κ3) is 421. The summed E-state index contributed by atoms with van der Waals surface area (Å²) in [5.41, 5.74) is 17.0. The van der Waals surface area contributed by atoms with Crippen LogP contribution in [0.3, 0.4) is 0 Å². The number of nitrogens with zero attached hydrogens (tertiary/aromatic N) is 1. The van der Waals surface area contributed by atoms with Crippen molar-refractivity contribution in [3.63, 3.8) is 0 Å². The van der Waals surface area contributed by atoms with Gasteiger partial charge in [-0.25, -0.2) is 14.2 Å². The van der Waals surface area contributed by atoms with Crippen LogP contribution < -0.4 is 22.9 Å². The predicted octanol–water partition coefficient (Wildman–Crippen LogP) is -3.23. The van der Waals surface area contributed by atoms with E-state index in [-0.39, 0.29) is 0 Å². The molecule has 0 aliphatic rings. The number of carbonyl (C=O) groups excluding carboxylic acids is 2. The summed E-state index contributed by atoms with van der Waals surface area (Å²) in [5.74, 6) is 0. The van der Waals surface area contributed by atoms with Crippen LogP contribution in [0.15, 0.2) is 0 Å². The molecule has 0 saturated carbocycles. The molecule has 0 aromatic rings. The zero-order valence-electron chi connectivity index (χ0n) is 8.03. The van der Waals surface area contributed by atoms with Crippen molar-refractivity contribution < 1.29 is 39.1 Å². The summed E-state index contributed by atoms with van der Waals surface area (Å²) in [5, 5.41) is 13.6. The molecule has 15 heteroatoms. The molecule has 0 radical (unpaired) electrons. The van der Waals surface area contributed by atoms with Gasteiger partial charge in [-0.05, 0) is 0 Å². The quantitative estimate of drug-likeness (QED) is 0.125. The van der Waals surface area contributed by atoms with Crippen LogP contribution in [0, 0.1) is 10.1 Å². The van der Waals surface area contributed by atoms with Crippen LogP contribution in [0.4, 0.5) is 9.59 Å². The minimum absolute atomic E-state index is 0.833. The summed E-state index contributed by atoms with van der Waals surface area (Å²) >= 11 is 0. The van der Waals surface area contributed by atoms with Crippen LogP contribution in [0.2, 0.25) is 0 Å². The van der Waals surface area contributed by atoms with Crippen LogP contribution in [0.5, 0.6) is 0 Å². The Labute approximate surface area is 93.1 Å². The van der Waals surface area contributed by atoms with E-state index in [0.717, 1.165) is 0 Å². The molecule has 0 aliphatic carbocycles. The summed E-state index contributed by atoms with van der Waals surface area (Å²) in [4.78, 5) is 47.9. The molecule has 104 valence electrons. The average Bonchev–Trinajstić information content (AvgIpc) is 1.73. The fourth-order valence-corrected chi connectivity index (χ4v) is 0. The number of nitrogens with two attached hydrogens (primary N) is 4. The molecule has 4 amide bonds. The van der Waals surface area contributed by atoms with Crippen LogP contribution in [-0.4, -0.2) is 37.0 Å². The van der Waals surface area contributed by atoms with Gasteiger partial charge in [0.1, 0.15) is 0 Å². The first-order chi connectivity index (χ1) is 7.20. The average molecular weight is 281 g/mol. The highest BCUT2D eigenvalue weighted by Gasteiger charge is 2.00. The number of urea groups is 2. The number of hydrogen-bond acceptors (Lipinski definition) is 5. The van der Waals surface area contributed by atoms with Gasteiger partial charge in [0.2, 0.25) is 0 Å². The smallest absolute Gasteiger partial charge is 0.352 e. The zero-order valence-corrected chi connectivity index (χ0v) is 8.93. The van der Waals surface area contributed by atoms with Crippen LogP contribution in [0.1, 0.15) is 0 Å². The van der Waals surface area contributed by atoms with Gasteiger partial charge in [-0.1, -0.05) is 0 Å². The van der Waals surface area contributed by atoms with E-state index >= 15 is 0 Å². The second kappa shape index (κ2) is 13.8. The second-order valence-electron chi connectivity index (χ2n) is 1.56. The van der Waals surface area contributed by atoms with Crippen LogP contribution in [0.25, 0.3) is 0 Å². The van der Waals surface area contributed by atoms with Crippen LogP contribution >= 0.6 is 7.82 Å². The largest absolute Gasteiger partial charge is 0.466 e. The second-order valence-corrected chi connectivity index (χ2v) is 2.58. The van der Waals surface area contributed by atoms with Crippen molar-refractivity contribution in [1.29, 1.82) is 0 Å². The van der Waals surface area contributed by atoms with E-state index in [4.69, 9.17) is 44.2 Å². The Morgan fingerprint density at radius 1 is 1.00 bits per heavy atom. The Morgan fingerprint density at radius 3 is 1.00 bits per heavy atom.